The fourth-order valence-electron chi connectivity index (χ4n) is 4.01. The quantitative estimate of drug-likeness (QED) is 0.425. The minimum atomic E-state index is -0.416. The Morgan fingerprint density at radius 1 is 0.971 bits per heavy atom. The lowest BCUT2D eigenvalue weighted by molar-refractivity contribution is 0.0984. The van der Waals surface area contributed by atoms with E-state index < -0.39 is 5.91 Å². The predicted octanol–water partition coefficient (Wildman–Crippen LogP) is 5.19. The van der Waals surface area contributed by atoms with Crippen LogP contribution in [-0.4, -0.2) is 18.4 Å². The van der Waals surface area contributed by atoms with Gasteiger partial charge in [0.15, 0.2) is 5.76 Å². The molecule has 2 heterocycles. The SMILES string of the molecule is N#Cc1ccccc1OCc1ccc(C(=O)Nc2ccc(C(=O)N3CCc4ccccc43)cc2)o1. The van der Waals surface area contributed by atoms with E-state index in [0.29, 0.717) is 34.9 Å². The van der Waals surface area contributed by atoms with Gasteiger partial charge in [-0.15, -0.1) is 0 Å². The van der Waals surface area contributed by atoms with Crippen LogP contribution in [0.3, 0.4) is 0 Å². The Labute approximate surface area is 202 Å². The maximum Gasteiger partial charge on any atom is 0.291 e. The Bertz CT molecular complexity index is 1430. The molecule has 1 N–H and O–H groups in total. The standard InChI is InChI=1S/C28H21N3O4/c29-17-21-6-2-4-8-25(21)34-18-23-13-14-26(35-23)27(32)30-22-11-9-20(10-12-22)28(33)31-16-15-19-5-1-3-7-24(19)31/h1-14H,15-16,18H2,(H,30,32). The van der Waals surface area contributed by atoms with Gasteiger partial charge in [-0.3, -0.25) is 9.59 Å². The lowest BCUT2D eigenvalue weighted by atomic mass is 10.1. The van der Waals surface area contributed by atoms with Crippen molar-refractivity contribution in [3.63, 3.8) is 0 Å². The van der Waals surface area contributed by atoms with Crippen LogP contribution in [0.5, 0.6) is 5.75 Å². The molecule has 4 aromatic rings. The molecule has 35 heavy (non-hydrogen) atoms. The van der Waals surface area contributed by atoms with E-state index >= 15 is 0 Å². The van der Waals surface area contributed by atoms with Crippen molar-refractivity contribution in [2.24, 2.45) is 0 Å². The highest BCUT2D eigenvalue weighted by Gasteiger charge is 2.25. The van der Waals surface area contributed by atoms with Crippen LogP contribution in [0.25, 0.3) is 0 Å². The molecule has 0 spiro atoms. The van der Waals surface area contributed by atoms with Crippen LogP contribution in [0.15, 0.2) is 89.3 Å². The molecule has 0 radical (unpaired) electrons. The van der Waals surface area contributed by atoms with Gasteiger partial charge in [-0.25, -0.2) is 0 Å². The molecule has 0 fully saturated rings. The molecule has 1 aromatic heterocycles. The molecule has 7 heteroatoms. The molecule has 172 valence electrons. The number of nitrogens with zero attached hydrogens (tertiary/aromatic N) is 2. The van der Waals surface area contributed by atoms with E-state index in [9.17, 15) is 9.59 Å². The Morgan fingerprint density at radius 2 is 1.74 bits per heavy atom. The van der Waals surface area contributed by atoms with Gasteiger partial charge < -0.3 is 19.4 Å². The van der Waals surface area contributed by atoms with E-state index in [1.54, 1.807) is 65.6 Å². The molecule has 1 aliphatic rings. The average Bonchev–Trinajstić information content (AvgIpc) is 3.55. The van der Waals surface area contributed by atoms with E-state index in [-0.39, 0.29) is 18.3 Å². The Balaban J connectivity index is 1.20. The molecule has 0 saturated heterocycles. The predicted molar refractivity (Wildman–Crippen MR) is 130 cm³/mol. The monoisotopic (exact) mass is 463 g/mol. The number of amides is 2. The van der Waals surface area contributed by atoms with Gasteiger partial charge in [-0.2, -0.15) is 5.26 Å². The van der Waals surface area contributed by atoms with E-state index in [1.165, 1.54) is 5.56 Å². The van der Waals surface area contributed by atoms with Crippen LogP contribution in [0.2, 0.25) is 0 Å². The zero-order valence-corrected chi connectivity index (χ0v) is 18.7. The number of hydrogen-bond donors (Lipinski definition) is 1. The van der Waals surface area contributed by atoms with E-state index in [2.05, 4.69) is 11.4 Å². The summed E-state index contributed by atoms with van der Waals surface area (Å²) in [6.07, 6.45) is 0.844. The van der Waals surface area contributed by atoms with E-state index in [1.807, 2.05) is 24.3 Å². The Hall–Kier alpha value is -4.83. The minimum absolute atomic E-state index is 0.0681. The summed E-state index contributed by atoms with van der Waals surface area (Å²) < 4.78 is 11.2. The van der Waals surface area contributed by atoms with Gasteiger partial charge in [0, 0.05) is 23.5 Å². The molecule has 0 atom stereocenters. The fraction of sp³-hybridized carbons (Fsp3) is 0.107. The first kappa shape index (κ1) is 22.0. The molecular formula is C28H21N3O4. The van der Waals surface area contributed by atoms with Crippen molar-refractivity contribution in [3.8, 4) is 11.8 Å². The molecule has 7 nitrogen and oxygen atoms in total. The molecule has 0 unspecified atom stereocenters. The summed E-state index contributed by atoms with van der Waals surface area (Å²) in [4.78, 5) is 27.4. The van der Waals surface area contributed by atoms with Gasteiger partial charge >= 0.3 is 0 Å². The highest BCUT2D eigenvalue weighted by molar-refractivity contribution is 6.08. The molecular weight excluding hydrogens is 442 g/mol. The molecule has 0 saturated carbocycles. The number of nitriles is 1. The second kappa shape index (κ2) is 9.57. The Kier molecular flexibility index (Phi) is 6.01. The summed E-state index contributed by atoms with van der Waals surface area (Å²) in [5.41, 5.74) is 3.64. The van der Waals surface area contributed by atoms with Crippen molar-refractivity contribution >= 4 is 23.2 Å². The van der Waals surface area contributed by atoms with Crippen LogP contribution < -0.4 is 15.0 Å². The molecule has 2 amide bonds. The largest absolute Gasteiger partial charge is 0.484 e. The van der Waals surface area contributed by atoms with Gasteiger partial charge in [0.2, 0.25) is 0 Å². The number of fused-ring (bicyclic) bond motifs is 1. The summed E-state index contributed by atoms with van der Waals surface area (Å²) in [6, 6.07) is 26.9. The second-order valence-corrected chi connectivity index (χ2v) is 8.03. The van der Waals surface area contributed by atoms with Gasteiger partial charge in [0.25, 0.3) is 11.8 Å². The van der Waals surface area contributed by atoms with Crippen molar-refractivity contribution < 1.29 is 18.7 Å². The molecule has 3 aromatic carbocycles. The summed E-state index contributed by atoms with van der Waals surface area (Å²) >= 11 is 0. The normalized spacial score (nSPS) is 12.0. The van der Waals surface area contributed by atoms with Crippen molar-refractivity contribution in [1.82, 2.24) is 0 Å². The average molecular weight is 463 g/mol. The molecule has 0 aliphatic carbocycles. The maximum atomic E-state index is 13.0. The zero-order chi connectivity index (χ0) is 24.2. The molecule has 0 bridgehead atoms. The van der Waals surface area contributed by atoms with E-state index in [0.717, 1.165) is 12.1 Å². The van der Waals surface area contributed by atoms with Crippen molar-refractivity contribution in [2.75, 3.05) is 16.8 Å². The number of para-hydroxylation sites is 2. The third-order valence-corrected chi connectivity index (χ3v) is 5.78. The first-order chi connectivity index (χ1) is 17.1. The van der Waals surface area contributed by atoms with Crippen LogP contribution in [0.4, 0.5) is 11.4 Å². The van der Waals surface area contributed by atoms with Gasteiger partial charge in [0.1, 0.15) is 24.2 Å². The summed E-state index contributed by atoms with van der Waals surface area (Å²) in [7, 11) is 0. The number of benzene rings is 3. The number of hydrogen-bond acceptors (Lipinski definition) is 5. The first-order valence-corrected chi connectivity index (χ1v) is 11.1. The number of furan rings is 1. The highest BCUT2D eigenvalue weighted by atomic mass is 16.5. The summed E-state index contributed by atoms with van der Waals surface area (Å²) in [5, 5.41) is 11.9. The van der Waals surface area contributed by atoms with Crippen LogP contribution in [0.1, 0.15) is 37.8 Å². The van der Waals surface area contributed by atoms with Crippen molar-refractivity contribution in [3.05, 3.63) is 113 Å². The smallest absolute Gasteiger partial charge is 0.291 e. The second-order valence-electron chi connectivity index (χ2n) is 8.03. The van der Waals surface area contributed by atoms with Crippen LogP contribution in [0, 0.1) is 11.3 Å². The van der Waals surface area contributed by atoms with Crippen LogP contribution >= 0.6 is 0 Å². The van der Waals surface area contributed by atoms with Gasteiger partial charge in [0.05, 0.1) is 5.56 Å². The summed E-state index contributed by atoms with van der Waals surface area (Å²) in [6.45, 7) is 0.742. The highest BCUT2D eigenvalue weighted by Crippen LogP contribution is 2.29. The molecule has 5 rings (SSSR count). The summed E-state index contributed by atoms with van der Waals surface area (Å²) in [5.74, 6) is 0.549. The number of carbonyl (C=O) groups excluding carboxylic acids is 2. The lowest BCUT2D eigenvalue weighted by Crippen LogP contribution is -2.28. The van der Waals surface area contributed by atoms with Crippen LogP contribution in [-0.2, 0) is 13.0 Å². The lowest BCUT2D eigenvalue weighted by Gasteiger charge is -2.17. The third-order valence-electron chi connectivity index (χ3n) is 5.78. The number of carbonyl (C=O) groups is 2. The number of anilines is 2. The Morgan fingerprint density at radius 3 is 2.57 bits per heavy atom. The zero-order valence-electron chi connectivity index (χ0n) is 18.7. The third kappa shape index (κ3) is 4.63. The van der Waals surface area contributed by atoms with Gasteiger partial charge in [-0.05, 0) is 66.6 Å². The van der Waals surface area contributed by atoms with Crippen molar-refractivity contribution in [2.45, 2.75) is 13.0 Å². The maximum absolute atomic E-state index is 13.0. The fourth-order valence-corrected chi connectivity index (χ4v) is 4.01. The first-order valence-electron chi connectivity index (χ1n) is 11.1. The minimum Gasteiger partial charge on any atom is -0.484 e. The number of nitrogens with one attached hydrogen (secondary N) is 1. The van der Waals surface area contributed by atoms with E-state index in [4.69, 9.17) is 14.4 Å². The van der Waals surface area contributed by atoms with Crippen molar-refractivity contribution in [1.29, 1.82) is 5.26 Å². The van der Waals surface area contributed by atoms with Gasteiger partial charge in [-0.1, -0.05) is 30.3 Å². The topological polar surface area (TPSA) is 95.6 Å². The number of rotatable bonds is 6. The molecule has 1 aliphatic heterocycles. The number of ether oxygens (including phenoxy) is 1.